The van der Waals surface area contributed by atoms with E-state index in [9.17, 15) is 0 Å². The van der Waals surface area contributed by atoms with Crippen LogP contribution in [0.15, 0.2) is 164 Å². The Morgan fingerprint density at radius 2 is 1.08 bits per heavy atom. The standard InChI is InChI=1S/C45H27N3S/c1-2-12-31(13-3-1)45-46-38-19-8-6-17-35(38)41(48-45)30-23-21-28(22-24-30)32-14-10-15-33(27-32)42-44-40(36-18-7-9-20-39(36)49-44)37-26-25-29-11-4-5-16-34(29)43(37)47-42/h1-27H. The number of para-hydroxylation sites is 1. The number of aromatic nitrogens is 3. The fraction of sp³-hybridized carbons (Fsp3) is 0. The fourth-order valence-corrected chi connectivity index (χ4v) is 8.32. The summed E-state index contributed by atoms with van der Waals surface area (Å²) in [5, 5.41) is 7.19. The van der Waals surface area contributed by atoms with Crippen LogP contribution in [0.4, 0.5) is 0 Å². The Kier molecular flexibility index (Phi) is 6.36. The van der Waals surface area contributed by atoms with Crippen LogP contribution in [0.3, 0.4) is 0 Å². The molecule has 3 nitrogen and oxygen atoms in total. The lowest BCUT2D eigenvalue weighted by Gasteiger charge is -2.12. The Morgan fingerprint density at radius 1 is 0.388 bits per heavy atom. The molecule has 49 heavy (non-hydrogen) atoms. The molecule has 4 heteroatoms. The van der Waals surface area contributed by atoms with Gasteiger partial charge in [0.05, 0.1) is 27.1 Å². The first-order valence-electron chi connectivity index (χ1n) is 16.4. The molecular weight excluding hydrogens is 615 g/mol. The van der Waals surface area contributed by atoms with Crippen molar-refractivity contribution >= 4 is 64.1 Å². The molecule has 0 aliphatic carbocycles. The molecule has 0 N–H and O–H groups in total. The first kappa shape index (κ1) is 27.8. The van der Waals surface area contributed by atoms with Gasteiger partial charge < -0.3 is 0 Å². The predicted octanol–water partition coefficient (Wildman–Crippen LogP) is 12.4. The van der Waals surface area contributed by atoms with E-state index in [4.69, 9.17) is 15.0 Å². The third-order valence-electron chi connectivity index (χ3n) is 9.47. The van der Waals surface area contributed by atoms with E-state index in [1.807, 2.05) is 35.6 Å². The van der Waals surface area contributed by atoms with Gasteiger partial charge in [-0.05, 0) is 34.7 Å². The van der Waals surface area contributed by atoms with Crippen LogP contribution in [0.5, 0.6) is 0 Å². The van der Waals surface area contributed by atoms with Gasteiger partial charge in [0.1, 0.15) is 0 Å². The van der Waals surface area contributed by atoms with Crippen LogP contribution in [-0.4, -0.2) is 15.0 Å². The van der Waals surface area contributed by atoms with Crippen LogP contribution < -0.4 is 0 Å². The van der Waals surface area contributed by atoms with Crippen molar-refractivity contribution in [1.82, 2.24) is 15.0 Å². The molecule has 10 rings (SSSR count). The highest BCUT2D eigenvalue weighted by atomic mass is 32.1. The summed E-state index contributed by atoms with van der Waals surface area (Å²) >= 11 is 1.83. The average Bonchev–Trinajstić information content (AvgIpc) is 3.57. The minimum atomic E-state index is 0.731. The van der Waals surface area contributed by atoms with Crippen molar-refractivity contribution in [2.45, 2.75) is 0 Å². The van der Waals surface area contributed by atoms with E-state index in [-0.39, 0.29) is 0 Å². The number of hydrogen-bond acceptors (Lipinski definition) is 4. The minimum absolute atomic E-state index is 0.731. The van der Waals surface area contributed by atoms with Gasteiger partial charge in [0.15, 0.2) is 5.82 Å². The van der Waals surface area contributed by atoms with Crippen molar-refractivity contribution in [3.8, 4) is 45.0 Å². The summed E-state index contributed by atoms with van der Waals surface area (Å²) in [7, 11) is 0. The number of benzene rings is 7. The first-order valence-corrected chi connectivity index (χ1v) is 17.3. The van der Waals surface area contributed by atoms with Gasteiger partial charge in [-0.25, -0.2) is 15.0 Å². The number of rotatable bonds is 4. The summed E-state index contributed by atoms with van der Waals surface area (Å²) in [5.41, 5.74) is 9.42. The largest absolute Gasteiger partial charge is 0.246 e. The third-order valence-corrected chi connectivity index (χ3v) is 10.6. The Balaban J connectivity index is 1.11. The second kappa shape index (κ2) is 11.2. The maximum atomic E-state index is 5.44. The number of hydrogen-bond donors (Lipinski definition) is 0. The molecule has 0 radical (unpaired) electrons. The van der Waals surface area contributed by atoms with E-state index in [0.29, 0.717) is 0 Å². The fourth-order valence-electron chi connectivity index (χ4n) is 7.09. The average molecular weight is 642 g/mol. The molecule has 0 saturated carbocycles. The molecule has 228 valence electrons. The van der Waals surface area contributed by atoms with Crippen molar-refractivity contribution in [1.29, 1.82) is 0 Å². The van der Waals surface area contributed by atoms with Gasteiger partial charge in [-0.3, -0.25) is 0 Å². The lowest BCUT2D eigenvalue weighted by Crippen LogP contribution is -1.95. The van der Waals surface area contributed by atoms with E-state index in [1.54, 1.807) is 0 Å². The number of pyridine rings is 1. The SMILES string of the molecule is c1ccc(-c2nc(-c3ccc(-c4cccc(-c5nc6c7ccccc7ccc6c6c5sc5ccccc56)c4)cc3)c3ccccc3n2)cc1. The number of fused-ring (bicyclic) bond motifs is 8. The summed E-state index contributed by atoms with van der Waals surface area (Å²) < 4.78 is 2.50. The summed E-state index contributed by atoms with van der Waals surface area (Å²) in [4.78, 5) is 15.4. The van der Waals surface area contributed by atoms with Crippen molar-refractivity contribution in [2.24, 2.45) is 0 Å². The Hall–Kier alpha value is -6.23. The van der Waals surface area contributed by atoms with Crippen molar-refractivity contribution in [3.63, 3.8) is 0 Å². The molecule has 10 aromatic rings. The van der Waals surface area contributed by atoms with Gasteiger partial charge in [0.25, 0.3) is 0 Å². The Morgan fingerprint density at radius 3 is 1.96 bits per heavy atom. The van der Waals surface area contributed by atoms with Gasteiger partial charge in [-0.2, -0.15) is 0 Å². The highest BCUT2D eigenvalue weighted by Gasteiger charge is 2.18. The molecular formula is C45H27N3S. The van der Waals surface area contributed by atoms with Crippen LogP contribution in [0.1, 0.15) is 0 Å². The minimum Gasteiger partial charge on any atom is -0.246 e. The molecule has 0 spiro atoms. The molecule has 0 unspecified atom stereocenters. The second-order valence-corrected chi connectivity index (χ2v) is 13.4. The predicted molar refractivity (Wildman–Crippen MR) is 207 cm³/mol. The van der Waals surface area contributed by atoms with Gasteiger partial charge in [0.2, 0.25) is 0 Å². The summed E-state index contributed by atoms with van der Waals surface area (Å²) in [6.45, 7) is 0. The number of thiophene rings is 1. The molecule has 3 aromatic heterocycles. The molecule has 0 aliphatic heterocycles. The van der Waals surface area contributed by atoms with Gasteiger partial charge in [0, 0.05) is 48.3 Å². The van der Waals surface area contributed by atoms with Crippen molar-refractivity contribution in [3.05, 3.63) is 164 Å². The van der Waals surface area contributed by atoms with Crippen LogP contribution in [-0.2, 0) is 0 Å². The van der Waals surface area contributed by atoms with Crippen LogP contribution in [0.25, 0.3) is 97.8 Å². The number of nitrogens with zero attached hydrogens (tertiary/aromatic N) is 3. The van der Waals surface area contributed by atoms with E-state index >= 15 is 0 Å². The van der Waals surface area contributed by atoms with Crippen molar-refractivity contribution < 1.29 is 0 Å². The van der Waals surface area contributed by atoms with Crippen LogP contribution in [0.2, 0.25) is 0 Å². The highest BCUT2D eigenvalue weighted by molar-refractivity contribution is 7.26. The summed E-state index contributed by atoms with van der Waals surface area (Å²) in [6, 6.07) is 57.8. The zero-order valence-corrected chi connectivity index (χ0v) is 27.2. The lowest BCUT2D eigenvalue weighted by molar-refractivity contribution is 1.23. The van der Waals surface area contributed by atoms with E-state index in [2.05, 4.69) is 140 Å². The maximum Gasteiger partial charge on any atom is 0.160 e. The van der Waals surface area contributed by atoms with Gasteiger partial charge in [-0.1, -0.05) is 146 Å². The Labute approximate surface area is 286 Å². The summed E-state index contributed by atoms with van der Waals surface area (Å²) in [5.74, 6) is 0.731. The molecule has 3 heterocycles. The zero-order chi connectivity index (χ0) is 32.3. The van der Waals surface area contributed by atoms with E-state index < -0.39 is 0 Å². The van der Waals surface area contributed by atoms with Crippen LogP contribution >= 0.6 is 11.3 Å². The molecule has 0 fully saturated rings. The van der Waals surface area contributed by atoms with E-state index in [1.165, 1.54) is 36.3 Å². The third kappa shape index (κ3) is 4.61. The molecule has 0 saturated heterocycles. The smallest absolute Gasteiger partial charge is 0.160 e. The quantitative estimate of drug-likeness (QED) is 0.180. The zero-order valence-electron chi connectivity index (χ0n) is 26.3. The second-order valence-electron chi connectivity index (χ2n) is 12.4. The van der Waals surface area contributed by atoms with Gasteiger partial charge in [-0.15, -0.1) is 11.3 Å². The maximum absolute atomic E-state index is 5.44. The normalized spacial score (nSPS) is 11.7. The van der Waals surface area contributed by atoms with Crippen molar-refractivity contribution in [2.75, 3.05) is 0 Å². The Bertz CT molecular complexity index is 2870. The monoisotopic (exact) mass is 641 g/mol. The molecule has 7 aromatic carbocycles. The lowest BCUT2D eigenvalue weighted by atomic mass is 9.97. The highest BCUT2D eigenvalue weighted by Crippen LogP contribution is 2.44. The topological polar surface area (TPSA) is 38.7 Å². The molecule has 0 bridgehead atoms. The molecule has 0 atom stereocenters. The molecule has 0 aliphatic rings. The summed E-state index contributed by atoms with van der Waals surface area (Å²) in [6.07, 6.45) is 0. The van der Waals surface area contributed by atoms with Crippen LogP contribution in [0, 0.1) is 0 Å². The van der Waals surface area contributed by atoms with E-state index in [0.717, 1.165) is 61.4 Å². The first-order chi connectivity index (χ1) is 24.3. The molecule has 0 amide bonds. The van der Waals surface area contributed by atoms with Gasteiger partial charge >= 0.3 is 0 Å².